The molecule has 0 saturated heterocycles. The number of carbonyl (C=O) groups is 3. The lowest BCUT2D eigenvalue weighted by Crippen LogP contribution is -2.30. The molecule has 0 radical (unpaired) electrons. The Kier molecular flexibility index (Phi) is 5.61. The van der Waals surface area contributed by atoms with Gasteiger partial charge in [-0.05, 0) is 25.7 Å². The van der Waals surface area contributed by atoms with Gasteiger partial charge in [-0.2, -0.15) is 0 Å². The van der Waals surface area contributed by atoms with Crippen LogP contribution in [-0.4, -0.2) is 36.6 Å². The first-order valence-electron chi connectivity index (χ1n) is 6.12. The van der Waals surface area contributed by atoms with E-state index in [1.165, 1.54) is 7.11 Å². The maximum absolute atomic E-state index is 11.7. The normalized spacial score (nSPS) is 22.5. The average molecular weight is 257 g/mol. The first-order valence-corrected chi connectivity index (χ1v) is 6.12. The molecule has 6 nitrogen and oxygen atoms in total. The van der Waals surface area contributed by atoms with Gasteiger partial charge in [0.1, 0.15) is 0 Å². The van der Waals surface area contributed by atoms with E-state index < -0.39 is 11.9 Å². The van der Waals surface area contributed by atoms with Crippen molar-refractivity contribution in [1.29, 1.82) is 0 Å². The van der Waals surface area contributed by atoms with E-state index in [4.69, 9.17) is 5.11 Å². The summed E-state index contributed by atoms with van der Waals surface area (Å²) in [5, 5.41) is 11.6. The summed E-state index contributed by atoms with van der Waals surface area (Å²) in [7, 11) is 1.32. The van der Waals surface area contributed by atoms with Crippen molar-refractivity contribution < 1.29 is 24.2 Å². The van der Waals surface area contributed by atoms with Gasteiger partial charge in [-0.15, -0.1) is 0 Å². The topological polar surface area (TPSA) is 92.7 Å². The fourth-order valence-corrected chi connectivity index (χ4v) is 2.13. The summed E-state index contributed by atoms with van der Waals surface area (Å²) in [6.07, 6.45) is 2.42. The number of esters is 1. The van der Waals surface area contributed by atoms with Gasteiger partial charge in [-0.25, -0.2) is 0 Å². The Hall–Kier alpha value is -1.59. The molecule has 2 atom stereocenters. The maximum atomic E-state index is 11.7. The van der Waals surface area contributed by atoms with Crippen LogP contribution in [0.2, 0.25) is 0 Å². The van der Waals surface area contributed by atoms with Crippen LogP contribution in [0.3, 0.4) is 0 Å². The van der Waals surface area contributed by atoms with E-state index in [-0.39, 0.29) is 24.2 Å². The Morgan fingerprint density at radius 1 is 1.28 bits per heavy atom. The van der Waals surface area contributed by atoms with Gasteiger partial charge < -0.3 is 15.2 Å². The van der Waals surface area contributed by atoms with Crippen molar-refractivity contribution in [3.63, 3.8) is 0 Å². The molecule has 0 aliphatic heterocycles. The number of carboxylic acids is 1. The zero-order valence-corrected chi connectivity index (χ0v) is 10.5. The summed E-state index contributed by atoms with van der Waals surface area (Å²) in [5.74, 6) is -1.82. The lowest BCUT2D eigenvalue weighted by atomic mass is 10.0. The molecule has 0 heterocycles. The molecule has 0 aromatic rings. The van der Waals surface area contributed by atoms with E-state index in [0.29, 0.717) is 32.2 Å². The van der Waals surface area contributed by atoms with Crippen molar-refractivity contribution in [1.82, 2.24) is 5.32 Å². The Labute approximate surface area is 106 Å². The number of methoxy groups -OCH3 is 1. The molecule has 6 heteroatoms. The van der Waals surface area contributed by atoms with Gasteiger partial charge in [-0.1, -0.05) is 0 Å². The van der Waals surface area contributed by atoms with E-state index in [2.05, 4.69) is 10.1 Å². The molecule has 0 aromatic heterocycles. The van der Waals surface area contributed by atoms with Gasteiger partial charge in [0.2, 0.25) is 5.91 Å². The van der Waals surface area contributed by atoms with E-state index in [9.17, 15) is 14.4 Å². The molecule has 1 saturated carbocycles. The molecule has 2 N–H and O–H groups in total. The van der Waals surface area contributed by atoms with Gasteiger partial charge in [0.25, 0.3) is 0 Å². The number of carboxylic acid groups (broad SMARTS) is 1. The minimum atomic E-state index is -0.823. The van der Waals surface area contributed by atoms with Crippen molar-refractivity contribution in [2.24, 2.45) is 11.8 Å². The van der Waals surface area contributed by atoms with E-state index in [1.807, 2.05) is 0 Å². The fourth-order valence-electron chi connectivity index (χ4n) is 2.13. The van der Waals surface area contributed by atoms with Crippen LogP contribution >= 0.6 is 0 Å². The summed E-state index contributed by atoms with van der Waals surface area (Å²) in [6.45, 7) is 0.419. The largest absolute Gasteiger partial charge is 0.481 e. The van der Waals surface area contributed by atoms with Gasteiger partial charge >= 0.3 is 11.9 Å². The second kappa shape index (κ2) is 6.98. The standard InChI is InChI=1S/C12H19NO5/c1-18-10(14)3-2-6-13-11(15)8-4-5-9(7-8)12(16)17/h8-9H,2-7H2,1H3,(H,13,15)(H,16,17)/t8-,9+/m1/s1. The van der Waals surface area contributed by atoms with Crippen molar-refractivity contribution in [2.75, 3.05) is 13.7 Å². The minimum absolute atomic E-state index is 0.108. The average Bonchev–Trinajstić information content (AvgIpc) is 2.83. The summed E-state index contributed by atoms with van der Waals surface area (Å²) in [5.41, 5.74) is 0. The molecule has 1 aliphatic rings. The van der Waals surface area contributed by atoms with Crippen LogP contribution in [-0.2, 0) is 19.1 Å². The highest BCUT2D eigenvalue weighted by atomic mass is 16.5. The molecule has 102 valence electrons. The molecule has 1 amide bonds. The molecule has 1 fully saturated rings. The number of nitrogens with one attached hydrogen (secondary N) is 1. The van der Waals surface area contributed by atoms with Crippen molar-refractivity contribution in [3.8, 4) is 0 Å². The van der Waals surface area contributed by atoms with Gasteiger partial charge in [-0.3, -0.25) is 14.4 Å². The van der Waals surface area contributed by atoms with Crippen LogP contribution in [0.15, 0.2) is 0 Å². The van der Waals surface area contributed by atoms with Crippen LogP contribution in [0.5, 0.6) is 0 Å². The van der Waals surface area contributed by atoms with E-state index >= 15 is 0 Å². The van der Waals surface area contributed by atoms with Crippen LogP contribution < -0.4 is 5.32 Å². The second-order valence-electron chi connectivity index (χ2n) is 4.52. The smallest absolute Gasteiger partial charge is 0.306 e. The van der Waals surface area contributed by atoms with Crippen LogP contribution in [0.1, 0.15) is 32.1 Å². The molecule has 0 aromatic carbocycles. The lowest BCUT2D eigenvalue weighted by Gasteiger charge is -2.10. The zero-order valence-electron chi connectivity index (χ0n) is 10.5. The number of amides is 1. The first kappa shape index (κ1) is 14.5. The van der Waals surface area contributed by atoms with Gasteiger partial charge in [0.05, 0.1) is 13.0 Å². The number of hydrogen-bond donors (Lipinski definition) is 2. The Morgan fingerprint density at radius 3 is 2.50 bits per heavy atom. The monoisotopic (exact) mass is 257 g/mol. The first-order chi connectivity index (χ1) is 8.54. The third-order valence-corrected chi connectivity index (χ3v) is 3.24. The maximum Gasteiger partial charge on any atom is 0.306 e. The van der Waals surface area contributed by atoms with E-state index in [0.717, 1.165) is 0 Å². The Bertz CT molecular complexity index is 328. The third-order valence-electron chi connectivity index (χ3n) is 3.24. The van der Waals surface area contributed by atoms with Gasteiger partial charge in [0.15, 0.2) is 0 Å². The highest BCUT2D eigenvalue weighted by Crippen LogP contribution is 2.30. The highest BCUT2D eigenvalue weighted by Gasteiger charge is 2.33. The molecule has 1 rings (SSSR count). The lowest BCUT2D eigenvalue weighted by molar-refractivity contribution is -0.142. The number of ether oxygens (including phenoxy) is 1. The number of hydrogen-bond acceptors (Lipinski definition) is 4. The summed E-state index contributed by atoms with van der Waals surface area (Å²) >= 11 is 0. The minimum Gasteiger partial charge on any atom is -0.481 e. The molecule has 1 aliphatic carbocycles. The second-order valence-corrected chi connectivity index (χ2v) is 4.52. The molecule has 0 spiro atoms. The zero-order chi connectivity index (χ0) is 13.5. The predicted molar refractivity (Wildman–Crippen MR) is 62.7 cm³/mol. The predicted octanol–water partition coefficient (Wildman–Crippen LogP) is 0.557. The fraction of sp³-hybridized carbons (Fsp3) is 0.750. The van der Waals surface area contributed by atoms with Crippen LogP contribution in [0.25, 0.3) is 0 Å². The van der Waals surface area contributed by atoms with E-state index in [1.54, 1.807) is 0 Å². The molecule has 0 unspecified atom stereocenters. The van der Waals surface area contributed by atoms with Crippen molar-refractivity contribution in [2.45, 2.75) is 32.1 Å². The molecule has 0 bridgehead atoms. The number of aliphatic carboxylic acids is 1. The van der Waals surface area contributed by atoms with Crippen molar-refractivity contribution in [3.05, 3.63) is 0 Å². The van der Waals surface area contributed by atoms with Crippen LogP contribution in [0.4, 0.5) is 0 Å². The summed E-state index contributed by atoms with van der Waals surface area (Å²) in [6, 6.07) is 0. The van der Waals surface area contributed by atoms with Crippen molar-refractivity contribution >= 4 is 17.8 Å². The molecular formula is C12H19NO5. The molecule has 18 heavy (non-hydrogen) atoms. The Morgan fingerprint density at radius 2 is 1.94 bits per heavy atom. The Balaban J connectivity index is 2.18. The number of rotatable bonds is 6. The summed E-state index contributed by atoms with van der Waals surface area (Å²) in [4.78, 5) is 33.3. The SMILES string of the molecule is COC(=O)CCCNC(=O)[C@@H]1CC[C@H](C(=O)O)C1. The van der Waals surface area contributed by atoms with Crippen LogP contribution in [0, 0.1) is 11.8 Å². The highest BCUT2D eigenvalue weighted by molar-refractivity contribution is 5.80. The quantitative estimate of drug-likeness (QED) is 0.535. The number of carbonyl (C=O) groups excluding carboxylic acids is 2. The summed E-state index contributed by atoms with van der Waals surface area (Å²) < 4.78 is 4.48. The van der Waals surface area contributed by atoms with Gasteiger partial charge in [0, 0.05) is 18.9 Å². The third kappa shape index (κ3) is 4.35. The molecular weight excluding hydrogens is 238 g/mol.